The van der Waals surface area contributed by atoms with Crippen molar-refractivity contribution in [2.45, 2.75) is 53.8 Å². The number of rotatable bonds is 18. The molecule has 11 heteroatoms. The standard InChI is InChI=1S/C16H18O3.C15H16O2.C14H21NO5/c1-12-3-5-13(6-4-12)11-19-15-8-7-14(10-17)16(9-15)18-2;1-12-2-4-14(5-3-12)11-17-15-8-6-13(10-16)7-9-15;1-3-19-7-6-15-14(17)10-20-12-5-4-11(9-16)13(8-12)18-2/h3-9,17H,10-11H2,1-2H3;2-9,16H,10-11H2,1H3;4-5,8,16H,3,6-7,9-10H2,1-2H3,(H,15,17). The SMILES string of the molecule is CCOCCNC(=O)COc1ccc(CO)c(OC)c1.COc1cc(OCc2ccc(C)cc2)ccc1CO.Cc1ccc(COc2ccc(CO)cc2)cc1. The van der Waals surface area contributed by atoms with Crippen LogP contribution in [0.5, 0.6) is 28.7 Å². The number of aliphatic hydroxyl groups excluding tert-OH is 3. The number of aryl methyl sites for hydroxylation is 2. The Labute approximate surface area is 330 Å². The summed E-state index contributed by atoms with van der Waals surface area (Å²) in [4.78, 5) is 11.5. The van der Waals surface area contributed by atoms with Crippen LogP contribution in [-0.2, 0) is 42.6 Å². The molecule has 0 saturated carbocycles. The topological polar surface area (TPSA) is 145 Å². The molecule has 0 heterocycles. The van der Waals surface area contributed by atoms with E-state index < -0.39 is 0 Å². The second-order valence-electron chi connectivity index (χ2n) is 12.4. The molecule has 5 rings (SSSR count). The number of aliphatic hydroxyl groups is 3. The van der Waals surface area contributed by atoms with E-state index in [1.807, 2.05) is 43.3 Å². The number of methoxy groups -OCH3 is 2. The molecular weight excluding hydrogens is 714 g/mol. The lowest BCUT2D eigenvalue weighted by atomic mass is 10.1. The number of hydrogen-bond acceptors (Lipinski definition) is 10. The predicted octanol–water partition coefficient (Wildman–Crippen LogP) is 6.86. The van der Waals surface area contributed by atoms with Crippen molar-refractivity contribution in [3.63, 3.8) is 0 Å². The molecule has 5 aromatic carbocycles. The molecule has 0 aromatic heterocycles. The van der Waals surface area contributed by atoms with E-state index in [0.717, 1.165) is 33.8 Å². The van der Waals surface area contributed by atoms with Crippen molar-refractivity contribution in [2.24, 2.45) is 0 Å². The first-order chi connectivity index (χ1) is 27.2. The van der Waals surface area contributed by atoms with Crippen molar-refractivity contribution in [1.29, 1.82) is 0 Å². The van der Waals surface area contributed by atoms with E-state index in [-0.39, 0.29) is 32.3 Å². The zero-order chi connectivity index (χ0) is 40.5. The van der Waals surface area contributed by atoms with Gasteiger partial charge < -0.3 is 49.1 Å². The molecule has 0 saturated heterocycles. The van der Waals surface area contributed by atoms with Crippen LogP contribution in [0.4, 0.5) is 0 Å². The summed E-state index contributed by atoms with van der Waals surface area (Å²) in [5, 5.41) is 29.9. The third-order valence-corrected chi connectivity index (χ3v) is 8.16. The summed E-state index contributed by atoms with van der Waals surface area (Å²) in [5.41, 5.74) is 7.08. The van der Waals surface area contributed by atoms with Crippen molar-refractivity contribution in [3.8, 4) is 28.7 Å². The summed E-state index contributed by atoms with van der Waals surface area (Å²) < 4.78 is 32.1. The second kappa shape index (κ2) is 25.5. The largest absolute Gasteiger partial charge is 0.496 e. The van der Waals surface area contributed by atoms with E-state index in [1.165, 1.54) is 18.2 Å². The molecule has 0 aliphatic rings. The molecule has 0 atom stereocenters. The van der Waals surface area contributed by atoms with Crippen molar-refractivity contribution in [3.05, 3.63) is 148 Å². The van der Waals surface area contributed by atoms with Gasteiger partial charge in [0.1, 0.15) is 42.0 Å². The molecule has 11 nitrogen and oxygen atoms in total. The Morgan fingerprint density at radius 1 is 0.571 bits per heavy atom. The Balaban J connectivity index is 0.000000226. The zero-order valence-electron chi connectivity index (χ0n) is 33.0. The first-order valence-electron chi connectivity index (χ1n) is 18.3. The Morgan fingerprint density at radius 2 is 1.02 bits per heavy atom. The summed E-state index contributed by atoms with van der Waals surface area (Å²) in [7, 11) is 3.09. The van der Waals surface area contributed by atoms with Crippen LogP contribution in [0.1, 0.15) is 45.9 Å². The van der Waals surface area contributed by atoms with Gasteiger partial charge in [-0.3, -0.25) is 4.79 Å². The van der Waals surface area contributed by atoms with Crippen molar-refractivity contribution in [1.82, 2.24) is 5.32 Å². The molecule has 0 radical (unpaired) electrons. The summed E-state index contributed by atoms with van der Waals surface area (Å²) in [6.07, 6.45) is 0. The smallest absolute Gasteiger partial charge is 0.258 e. The molecule has 1 amide bonds. The zero-order valence-corrected chi connectivity index (χ0v) is 33.0. The first-order valence-corrected chi connectivity index (χ1v) is 18.3. The maximum atomic E-state index is 11.5. The van der Waals surface area contributed by atoms with Gasteiger partial charge >= 0.3 is 0 Å². The number of benzene rings is 5. The van der Waals surface area contributed by atoms with Gasteiger partial charge in [-0.25, -0.2) is 0 Å². The average Bonchev–Trinajstić information content (AvgIpc) is 3.24. The fourth-order valence-electron chi connectivity index (χ4n) is 4.89. The minimum Gasteiger partial charge on any atom is -0.496 e. The van der Waals surface area contributed by atoms with E-state index in [4.69, 9.17) is 43.7 Å². The maximum Gasteiger partial charge on any atom is 0.258 e. The Kier molecular flexibility index (Phi) is 20.4. The monoisotopic (exact) mass is 769 g/mol. The highest BCUT2D eigenvalue weighted by molar-refractivity contribution is 5.77. The minimum absolute atomic E-state index is 0.0403. The Hall–Kier alpha value is -5.59. The second-order valence-corrected chi connectivity index (χ2v) is 12.4. The molecule has 5 aromatic rings. The summed E-state index contributed by atoms with van der Waals surface area (Å²) >= 11 is 0. The number of amides is 1. The van der Waals surface area contributed by atoms with E-state index in [0.29, 0.717) is 55.8 Å². The third-order valence-electron chi connectivity index (χ3n) is 8.16. The van der Waals surface area contributed by atoms with Gasteiger partial charge in [0.25, 0.3) is 5.91 Å². The molecule has 0 aliphatic heterocycles. The van der Waals surface area contributed by atoms with E-state index in [9.17, 15) is 4.79 Å². The van der Waals surface area contributed by atoms with Gasteiger partial charge in [-0.2, -0.15) is 0 Å². The number of ether oxygens (including phenoxy) is 6. The van der Waals surface area contributed by atoms with Crippen molar-refractivity contribution in [2.75, 3.05) is 40.6 Å². The molecule has 56 heavy (non-hydrogen) atoms. The van der Waals surface area contributed by atoms with Crippen LogP contribution in [-0.4, -0.2) is 61.8 Å². The van der Waals surface area contributed by atoms with Crippen LogP contribution in [0.2, 0.25) is 0 Å². The van der Waals surface area contributed by atoms with Gasteiger partial charge in [0.05, 0.1) is 40.6 Å². The van der Waals surface area contributed by atoms with Gasteiger partial charge in [-0.15, -0.1) is 0 Å². The van der Waals surface area contributed by atoms with Gasteiger partial charge in [0.15, 0.2) is 6.61 Å². The lowest BCUT2D eigenvalue weighted by Crippen LogP contribution is -2.31. The normalized spacial score (nSPS) is 10.2. The minimum atomic E-state index is -0.213. The van der Waals surface area contributed by atoms with Crippen LogP contribution < -0.4 is 29.0 Å². The average molecular weight is 770 g/mol. The highest BCUT2D eigenvalue weighted by atomic mass is 16.5. The molecular formula is C45H55NO10. The van der Waals surface area contributed by atoms with Gasteiger partial charge in [0, 0.05) is 36.4 Å². The van der Waals surface area contributed by atoms with Crippen LogP contribution in [0.15, 0.2) is 109 Å². The van der Waals surface area contributed by atoms with Crippen molar-refractivity contribution >= 4 is 5.91 Å². The molecule has 300 valence electrons. The van der Waals surface area contributed by atoms with Gasteiger partial charge in [0.2, 0.25) is 0 Å². The summed E-state index contributed by atoms with van der Waals surface area (Å²) in [5.74, 6) is 3.02. The molecule has 0 bridgehead atoms. The fourth-order valence-corrected chi connectivity index (χ4v) is 4.89. The number of hydrogen-bond donors (Lipinski definition) is 4. The third kappa shape index (κ3) is 16.4. The fraction of sp³-hybridized carbons (Fsp3) is 0.311. The van der Waals surface area contributed by atoms with E-state index >= 15 is 0 Å². The molecule has 0 spiro atoms. The van der Waals surface area contributed by atoms with Crippen LogP contribution in [0.25, 0.3) is 0 Å². The quantitative estimate of drug-likeness (QED) is 0.0698. The highest BCUT2D eigenvalue weighted by Gasteiger charge is 2.07. The molecule has 4 N–H and O–H groups in total. The Morgan fingerprint density at radius 3 is 1.46 bits per heavy atom. The number of carbonyl (C=O) groups excluding carboxylic acids is 1. The highest BCUT2D eigenvalue weighted by Crippen LogP contribution is 2.26. The molecule has 0 unspecified atom stereocenters. The van der Waals surface area contributed by atoms with Crippen LogP contribution >= 0.6 is 0 Å². The Bertz CT molecular complexity index is 1850. The molecule has 0 fully saturated rings. The predicted molar refractivity (Wildman–Crippen MR) is 216 cm³/mol. The lowest BCUT2D eigenvalue weighted by molar-refractivity contribution is -0.123. The summed E-state index contributed by atoms with van der Waals surface area (Å²) in [6, 6.07) is 34.4. The molecule has 0 aliphatic carbocycles. The van der Waals surface area contributed by atoms with Crippen LogP contribution in [0, 0.1) is 13.8 Å². The number of nitrogens with one attached hydrogen (secondary N) is 1. The summed E-state index contributed by atoms with van der Waals surface area (Å²) in [6.45, 7) is 8.53. The first kappa shape index (κ1) is 44.8. The van der Waals surface area contributed by atoms with Gasteiger partial charge in [-0.1, -0.05) is 71.8 Å². The lowest BCUT2D eigenvalue weighted by Gasteiger charge is -2.10. The maximum absolute atomic E-state index is 11.5. The van der Waals surface area contributed by atoms with Crippen LogP contribution in [0.3, 0.4) is 0 Å². The van der Waals surface area contributed by atoms with Gasteiger partial charge in [-0.05, 0) is 73.9 Å². The number of carbonyl (C=O) groups is 1. The van der Waals surface area contributed by atoms with Crippen molar-refractivity contribution < 1.29 is 48.5 Å². The van der Waals surface area contributed by atoms with E-state index in [1.54, 1.807) is 31.4 Å². The van der Waals surface area contributed by atoms with E-state index in [2.05, 4.69) is 67.7 Å².